The van der Waals surface area contributed by atoms with Crippen LogP contribution in [0.3, 0.4) is 0 Å². The second kappa shape index (κ2) is 11.2. The number of fused-ring (bicyclic) bond motifs is 1. The van der Waals surface area contributed by atoms with Crippen molar-refractivity contribution in [1.29, 1.82) is 0 Å². The highest BCUT2D eigenvalue weighted by Gasteiger charge is 2.41. The zero-order valence-corrected chi connectivity index (χ0v) is 21.4. The topological polar surface area (TPSA) is 133 Å². The van der Waals surface area contributed by atoms with Gasteiger partial charge in [0.25, 0.3) is 11.8 Å². The molecular weight excluding hydrogens is 517 g/mol. The molecule has 210 valence electrons. The molecule has 4 rings (SSSR count). The SMILES string of the molecule is CC1CCC(NC(=O)c2ccc(C(=O)O)c3c(C(=O)NC4CCC(C(F)(F)F)CC4)ccc(C(=O)O)c23)CC1. The minimum Gasteiger partial charge on any atom is -0.478 e. The van der Waals surface area contributed by atoms with Gasteiger partial charge in [-0.2, -0.15) is 13.2 Å². The van der Waals surface area contributed by atoms with E-state index in [1.807, 2.05) is 0 Å². The number of halogens is 3. The van der Waals surface area contributed by atoms with E-state index in [1.54, 1.807) is 0 Å². The predicted molar refractivity (Wildman–Crippen MR) is 136 cm³/mol. The summed E-state index contributed by atoms with van der Waals surface area (Å²) < 4.78 is 39.1. The highest BCUT2D eigenvalue weighted by Crippen LogP contribution is 2.38. The smallest absolute Gasteiger partial charge is 0.391 e. The fourth-order valence-electron chi connectivity index (χ4n) is 5.73. The molecule has 11 heteroatoms. The first-order chi connectivity index (χ1) is 18.4. The van der Waals surface area contributed by atoms with Crippen LogP contribution in [0.5, 0.6) is 0 Å². The summed E-state index contributed by atoms with van der Waals surface area (Å²) in [5, 5.41) is 25.0. The Labute approximate surface area is 223 Å². The molecule has 2 aliphatic rings. The fraction of sp³-hybridized carbons (Fsp3) is 0.500. The minimum absolute atomic E-state index is 0.0636. The van der Waals surface area contributed by atoms with Gasteiger partial charge in [-0.05, 0) is 81.5 Å². The van der Waals surface area contributed by atoms with Gasteiger partial charge in [-0.1, -0.05) is 6.92 Å². The van der Waals surface area contributed by atoms with Crippen molar-refractivity contribution in [2.75, 3.05) is 0 Å². The van der Waals surface area contributed by atoms with E-state index in [4.69, 9.17) is 0 Å². The van der Waals surface area contributed by atoms with Crippen molar-refractivity contribution in [3.05, 3.63) is 46.5 Å². The Morgan fingerprint density at radius 3 is 1.38 bits per heavy atom. The summed E-state index contributed by atoms with van der Waals surface area (Å²) in [7, 11) is 0. The summed E-state index contributed by atoms with van der Waals surface area (Å²) in [4.78, 5) is 50.9. The van der Waals surface area contributed by atoms with E-state index < -0.39 is 41.9 Å². The van der Waals surface area contributed by atoms with Crippen LogP contribution >= 0.6 is 0 Å². The molecule has 0 unspecified atom stereocenters. The quantitative estimate of drug-likeness (QED) is 0.382. The summed E-state index contributed by atoms with van der Waals surface area (Å²) in [6, 6.07) is 4.07. The van der Waals surface area contributed by atoms with E-state index in [0.29, 0.717) is 5.92 Å². The molecule has 2 aliphatic carbocycles. The molecule has 0 aliphatic heterocycles. The Morgan fingerprint density at radius 2 is 1.03 bits per heavy atom. The summed E-state index contributed by atoms with van der Waals surface area (Å²) in [6.45, 7) is 2.13. The van der Waals surface area contributed by atoms with Crippen molar-refractivity contribution >= 4 is 34.5 Å². The number of carboxylic acid groups (broad SMARTS) is 2. The summed E-state index contributed by atoms with van der Waals surface area (Å²) in [6.07, 6.45) is -1.02. The Kier molecular flexibility index (Phi) is 8.17. The monoisotopic (exact) mass is 548 g/mol. The van der Waals surface area contributed by atoms with E-state index in [9.17, 15) is 42.6 Å². The van der Waals surface area contributed by atoms with Crippen LogP contribution in [-0.2, 0) is 0 Å². The van der Waals surface area contributed by atoms with Gasteiger partial charge in [0, 0.05) is 34.0 Å². The van der Waals surface area contributed by atoms with Gasteiger partial charge >= 0.3 is 18.1 Å². The number of carbonyl (C=O) groups is 4. The molecule has 8 nitrogen and oxygen atoms in total. The van der Waals surface area contributed by atoms with Gasteiger partial charge in [0.1, 0.15) is 0 Å². The molecule has 0 atom stereocenters. The number of amides is 2. The third kappa shape index (κ3) is 6.17. The van der Waals surface area contributed by atoms with E-state index in [-0.39, 0.29) is 64.8 Å². The highest BCUT2D eigenvalue weighted by atomic mass is 19.4. The van der Waals surface area contributed by atoms with E-state index >= 15 is 0 Å². The van der Waals surface area contributed by atoms with Gasteiger partial charge < -0.3 is 20.8 Å². The number of hydrogen-bond acceptors (Lipinski definition) is 4. The van der Waals surface area contributed by atoms with Crippen molar-refractivity contribution in [1.82, 2.24) is 10.6 Å². The second-order valence-corrected chi connectivity index (χ2v) is 10.7. The maximum absolute atomic E-state index is 13.3. The number of nitrogens with one attached hydrogen (secondary N) is 2. The molecular formula is C28H31F3N2O6. The molecule has 2 aromatic carbocycles. The van der Waals surface area contributed by atoms with Crippen molar-refractivity contribution < 1.29 is 42.6 Å². The van der Waals surface area contributed by atoms with Crippen LogP contribution < -0.4 is 10.6 Å². The minimum atomic E-state index is -4.30. The largest absolute Gasteiger partial charge is 0.478 e. The Balaban J connectivity index is 1.71. The fourth-order valence-corrected chi connectivity index (χ4v) is 5.73. The molecule has 2 fully saturated rings. The average molecular weight is 549 g/mol. The lowest BCUT2D eigenvalue weighted by Gasteiger charge is -2.30. The molecule has 0 saturated heterocycles. The third-order valence-corrected chi connectivity index (χ3v) is 7.99. The molecule has 0 heterocycles. The summed E-state index contributed by atoms with van der Waals surface area (Å²) in [5.74, 6) is -5.03. The van der Waals surface area contributed by atoms with Crippen molar-refractivity contribution in [2.24, 2.45) is 11.8 Å². The lowest BCUT2D eigenvalue weighted by Crippen LogP contribution is -2.40. The third-order valence-electron chi connectivity index (χ3n) is 7.99. The number of hydrogen-bond donors (Lipinski definition) is 4. The number of carbonyl (C=O) groups excluding carboxylic acids is 2. The van der Waals surface area contributed by atoms with Crippen molar-refractivity contribution in [3.63, 3.8) is 0 Å². The molecule has 4 N–H and O–H groups in total. The van der Waals surface area contributed by atoms with Gasteiger partial charge in [-0.15, -0.1) is 0 Å². The number of carboxylic acids is 2. The van der Waals surface area contributed by atoms with Crippen LogP contribution in [0, 0.1) is 11.8 Å². The van der Waals surface area contributed by atoms with Crippen molar-refractivity contribution in [3.8, 4) is 0 Å². The van der Waals surface area contributed by atoms with E-state index in [1.165, 1.54) is 18.2 Å². The summed E-state index contributed by atoms with van der Waals surface area (Å²) >= 11 is 0. The van der Waals surface area contributed by atoms with Crippen LogP contribution in [0.25, 0.3) is 10.8 Å². The zero-order valence-electron chi connectivity index (χ0n) is 21.4. The van der Waals surface area contributed by atoms with Crippen molar-refractivity contribution in [2.45, 2.75) is 76.6 Å². The van der Waals surface area contributed by atoms with Crippen LogP contribution in [0.4, 0.5) is 13.2 Å². The van der Waals surface area contributed by atoms with E-state index in [0.717, 1.165) is 31.7 Å². The molecule has 0 bridgehead atoms. The molecule has 0 radical (unpaired) electrons. The van der Waals surface area contributed by atoms with Crippen LogP contribution in [0.2, 0.25) is 0 Å². The average Bonchev–Trinajstić information content (AvgIpc) is 2.88. The molecule has 0 spiro atoms. The predicted octanol–water partition coefficient (Wildman–Crippen LogP) is 5.40. The van der Waals surface area contributed by atoms with Gasteiger partial charge in [0.2, 0.25) is 0 Å². The first-order valence-electron chi connectivity index (χ1n) is 13.1. The zero-order chi connectivity index (χ0) is 28.5. The number of benzene rings is 2. The second-order valence-electron chi connectivity index (χ2n) is 10.7. The maximum Gasteiger partial charge on any atom is 0.391 e. The van der Waals surface area contributed by atoms with Crippen LogP contribution in [-0.4, -0.2) is 52.2 Å². The molecule has 2 amide bonds. The number of rotatable bonds is 6. The Hall–Kier alpha value is -3.63. The molecule has 0 aromatic heterocycles. The first-order valence-corrected chi connectivity index (χ1v) is 13.1. The highest BCUT2D eigenvalue weighted by molar-refractivity contribution is 6.23. The Morgan fingerprint density at radius 1 is 0.667 bits per heavy atom. The van der Waals surface area contributed by atoms with Gasteiger partial charge in [-0.3, -0.25) is 9.59 Å². The lowest BCUT2D eigenvalue weighted by molar-refractivity contribution is -0.182. The lowest BCUT2D eigenvalue weighted by atomic mass is 9.85. The summed E-state index contributed by atoms with van der Waals surface area (Å²) in [5.41, 5.74) is -0.919. The standard InChI is InChI=1S/C28H31F3N2O6/c1-14-2-6-16(7-3-14)32-24(34)18-10-12-21(27(38)39)23-19(11-13-20(22(18)23)26(36)37)25(35)33-17-8-4-15(5-9-17)28(29,30)31/h10-17H,2-9H2,1H3,(H,32,34)(H,33,35)(H,36,37)(H,38,39). The number of aromatic carboxylic acids is 2. The van der Waals surface area contributed by atoms with Crippen LogP contribution in [0.15, 0.2) is 24.3 Å². The normalized spacial score (nSPS) is 23.7. The van der Waals surface area contributed by atoms with E-state index in [2.05, 4.69) is 17.6 Å². The van der Waals surface area contributed by atoms with Gasteiger partial charge in [-0.25, -0.2) is 9.59 Å². The molecule has 2 aromatic rings. The maximum atomic E-state index is 13.3. The van der Waals surface area contributed by atoms with Gasteiger partial charge in [0.15, 0.2) is 0 Å². The first kappa shape index (κ1) is 28.4. The number of alkyl halides is 3. The molecule has 39 heavy (non-hydrogen) atoms. The molecule has 2 saturated carbocycles. The Bertz CT molecular complexity index is 1290. The van der Waals surface area contributed by atoms with Gasteiger partial charge in [0.05, 0.1) is 17.0 Å². The van der Waals surface area contributed by atoms with Crippen LogP contribution in [0.1, 0.15) is 99.7 Å².